The molecule has 0 aliphatic heterocycles. The first-order valence-electron chi connectivity index (χ1n) is 5.79. The number of nitrogens with zero attached hydrogens (tertiary/aromatic N) is 2. The van der Waals surface area contributed by atoms with Crippen LogP contribution in [0.3, 0.4) is 0 Å². The summed E-state index contributed by atoms with van der Waals surface area (Å²) in [5.74, 6) is 0.0345. The van der Waals surface area contributed by atoms with Crippen LogP contribution in [-0.4, -0.2) is 10.4 Å². The number of aromatic nitrogens is 1. The number of ketones is 1. The Labute approximate surface area is 96.7 Å². The van der Waals surface area contributed by atoms with E-state index >= 15 is 0 Å². The normalized spacial score (nSPS) is 10.1. The summed E-state index contributed by atoms with van der Waals surface area (Å²) < 4.78 is 2.00. The molecule has 0 atom stereocenters. The number of unbranched alkanes of at least 4 members (excludes halogenated alkanes) is 1. The molecule has 1 aromatic rings. The van der Waals surface area contributed by atoms with E-state index in [1.165, 1.54) is 0 Å². The number of rotatable bonds is 5. The predicted molar refractivity (Wildman–Crippen MR) is 63.4 cm³/mol. The van der Waals surface area contributed by atoms with Crippen molar-refractivity contribution in [1.82, 2.24) is 4.57 Å². The maximum Gasteiger partial charge on any atom is 0.176 e. The summed E-state index contributed by atoms with van der Waals surface area (Å²) in [6, 6.07) is 3.88. The third-order valence-corrected chi connectivity index (χ3v) is 2.76. The van der Waals surface area contributed by atoms with Gasteiger partial charge >= 0.3 is 0 Å². The minimum atomic E-state index is 0.0345. The van der Waals surface area contributed by atoms with E-state index < -0.39 is 0 Å². The summed E-state index contributed by atoms with van der Waals surface area (Å²) in [5.41, 5.74) is 2.30. The van der Waals surface area contributed by atoms with Crippen LogP contribution in [0.25, 0.3) is 0 Å². The highest BCUT2D eigenvalue weighted by Gasteiger charge is 2.15. The van der Waals surface area contributed by atoms with Crippen molar-refractivity contribution in [2.75, 3.05) is 0 Å². The molecule has 0 spiro atoms. The van der Waals surface area contributed by atoms with Gasteiger partial charge in [0.15, 0.2) is 5.78 Å². The second-order valence-corrected chi connectivity index (χ2v) is 3.92. The number of carbonyl (C=O) groups is 1. The Morgan fingerprint density at radius 2 is 2.19 bits per heavy atom. The van der Waals surface area contributed by atoms with Gasteiger partial charge in [0.1, 0.15) is 6.07 Å². The van der Waals surface area contributed by atoms with Crippen molar-refractivity contribution in [1.29, 1.82) is 5.26 Å². The molecule has 0 aromatic carbocycles. The summed E-state index contributed by atoms with van der Waals surface area (Å²) in [6.45, 7) is 6.52. The third-order valence-electron chi connectivity index (χ3n) is 2.76. The van der Waals surface area contributed by atoms with Crippen LogP contribution in [0.15, 0.2) is 6.07 Å². The fourth-order valence-electron chi connectivity index (χ4n) is 1.93. The average Bonchev–Trinajstić information content (AvgIpc) is 2.63. The number of nitriles is 1. The Morgan fingerprint density at radius 3 is 2.62 bits per heavy atom. The molecule has 3 nitrogen and oxygen atoms in total. The zero-order chi connectivity index (χ0) is 12.1. The standard InChI is InChI=1S/C13H18N2O/c1-4-6-7-15-12(5-2)11(9-14)8-13(15)10(3)16/h8H,4-7H2,1-3H3. The highest BCUT2D eigenvalue weighted by molar-refractivity contribution is 5.93. The van der Waals surface area contributed by atoms with Crippen molar-refractivity contribution in [2.24, 2.45) is 0 Å². The SMILES string of the molecule is CCCCn1c(C(C)=O)cc(C#N)c1CC. The fraction of sp³-hybridized carbons (Fsp3) is 0.538. The van der Waals surface area contributed by atoms with Gasteiger partial charge in [-0.15, -0.1) is 0 Å². The third kappa shape index (κ3) is 2.33. The average molecular weight is 218 g/mol. The van der Waals surface area contributed by atoms with E-state index in [2.05, 4.69) is 13.0 Å². The molecule has 0 saturated heterocycles. The maximum atomic E-state index is 11.5. The Bertz CT molecular complexity index is 424. The molecule has 0 bridgehead atoms. The van der Waals surface area contributed by atoms with Gasteiger partial charge in [-0.1, -0.05) is 20.3 Å². The van der Waals surface area contributed by atoms with Gasteiger partial charge in [-0.3, -0.25) is 4.79 Å². The lowest BCUT2D eigenvalue weighted by atomic mass is 10.2. The Kier molecular flexibility index (Phi) is 4.30. The second-order valence-electron chi connectivity index (χ2n) is 3.92. The lowest BCUT2D eigenvalue weighted by Crippen LogP contribution is -2.09. The zero-order valence-corrected chi connectivity index (χ0v) is 10.2. The molecule has 16 heavy (non-hydrogen) atoms. The van der Waals surface area contributed by atoms with Crippen molar-refractivity contribution in [2.45, 2.75) is 46.6 Å². The lowest BCUT2D eigenvalue weighted by molar-refractivity contribution is 0.100. The molecule has 0 N–H and O–H groups in total. The Hall–Kier alpha value is -1.56. The van der Waals surface area contributed by atoms with E-state index in [9.17, 15) is 4.79 Å². The topological polar surface area (TPSA) is 45.8 Å². The molecule has 0 amide bonds. The van der Waals surface area contributed by atoms with E-state index in [4.69, 9.17) is 5.26 Å². The number of carbonyl (C=O) groups excluding carboxylic acids is 1. The molecule has 1 heterocycles. The number of hydrogen-bond donors (Lipinski definition) is 0. The summed E-state index contributed by atoms with van der Waals surface area (Å²) in [6.07, 6.45) is 2.91. The molecule has 1 rings (SSSR count). The quantitative estimate of drug-likeness (QED) is 0.713. The first kappa shape index (κ1) is 12.5. The lowest BCUT2D eigenvalue weighted by Gasteiger charge is -2.10. The van der Waals surface area contributed by atoms with Crippen LogP contribution in [0, 0.1) is 11.3 Å². The molecule has 3 heteroatoms. The molecule has 86 valence electrons. The first-order valence-corrected chi connectivity index (χ1v) is 5.79. The van der Waals surface area contributed by atoms with Crippen LogP contribution in [0.5, 0.6) is 0 Å². The highest BCUT2D eigenvalue weighted by Crippen LogP contribution is 2.18. The Morgan fingerprint density at radius 1 is 1.50 bits per heavy atom. The first-order chi connectivity index (χ1) is 7.65. The van der Waals surface area contributed by atoms with E-state index in [0.29, 0.717) is 11.3 Å². The molecular weight excluding hydrogens is 200 g/mol. The molecule has 0 radical (unpaired) electrons. The van der Waals surface area contributed by atoms with Gasteiger partial charge in [-0.05, 0) is 18.9 Å². The van der Waals surface area contributed by atoms with Gasteiger partial charge in [0.05, 0.1) is 11.3 Å². The summed E-state index contributed by atoms with van der Waals surface area (Å²) in [5, 5.41) is 9.02. The van der Waals surface area contributed by atoms with Gasteiger partial charge < -0.3 is 4.57 Å². The fourth-order valence-corrected chi connectivity index (χ4v) is 1.93. The number of hydrogen-bond acceptors (Lipinski definition) is 2. The van der Waals surface area contributed by atoms with E-state index in [1.54, 1.807) is 13.0 Å². The van der Waals surface area contributed by atoms with Crippen molar-refractivity contribution in [3.05, 3.63) is 23.0 Å². The zero-order valence-electron chi connectivity index (χ0n) is 10.2. The van der Waals surface area contributed by atoms with Gasteiger partial charge in [-0.25, -0.2) is 0 Å². The van der Waals surface area contributed by atoms with E-state index in [0.717, 1.165) is 31.5 Å². The van der Waals surface area contributed by atoms with Gasteiger partial charge in [0.2, 0.25) is 0 Å². The van der Waals surface area contributed by atoms with Crippen molar-refractivity contribution in [3.8, 4) is 6.07 Å². The molecule has 0 aliphatic carbocycles. The van der Waals surface area contributed by atoms with Gasteiger partial charge in [0.25, 0.3) is 0 Å². The number of Topliss-reactive ketones (excluding diaryl/α,β-unsaturated/α-hetero) is 1. The second kappa shape index (κ2) is 5.50. The van der Waals surface area contributed by atoms with Crippen LogP contribution < -0.4 is 0 Å². The monoisotopic (exact) mass is 218 g/mol. The van der Waals surface area contributed by atoms with Gasteiger partial charge in [-0.2, -0.15) is 5.26 Å². The van der Waals surface area contributed by atoms with Gasteiger partial charge in [0, 0.05) is 19.2 Å². The maximum absolute atomic E-state index is 11.5. The Balaban J connectivity index is 3.22. The van der Waals surface area contributed by atoms with Crippen LogP contribution in [0.4, 0.5) is 0 Å². The minimum absolute atomic E-state index is 0.0345. The largest absolute Gasteiger partial charge is 0.341 e. The van der Waals surface area contributed by atoms with Crippen molar-refractivity contribution >= 4 is 5.78 Å². The van der Waals surface area contributed by atoms with E-state index in [1.807, 2.05) is 11.5 Å². The van der Waals surface area contributed by atoms with Crippen LogP contribution >= 0.6 is 0 Å². The summed E-state index contributed by atoms with van der Waals surface area (Å²) >= 11 is 0. The van der Waals surface area contributed by atoms with Crippen LogP contribution in [-0.2, 0) is 13.0 Å². The smallest absolute Gasteiger partial charge is 0.176 e. The molecular formula is C13H18N2O. The summed E-state index contributed by atoms with van der Waals surface area (Å²) in [7, 11) is 0. The summed E-state index contributed by atoms with van der Waals surface area (Å²) in [4.78, 5) is 11.5. The molecule has 0 unspecified atom stereocenters. The molecule has 0 fully saturated rings. The molecule has 0 aliphatic rings. The molecule has 1 aromatic heterocycles. The molecule has 0 saturated carbocycles. The predicted octanol–water partition coefficient (Wildman–Crippen LogP) is 2.92. The van der Waals surface area contributed by atoms with Crippen LogP contribution in [0.1, 0.15) is 55.4 Å². The minimum Gasteiger partial charge on any atom is -0.341 e. The van der Waals surface area contributed by atoms with E-state index in [-0.39, 0.29) is 5.78 Å². The van der Waals surface area contributed by atoms with Crippen molar-refractivity contribution in [3.63, 3.8) is 0 Å². The highest BCUT2D eigenvalue weighted by atomic mass is 16.1. The van der Waals surface area contributed by atoms with Crippen LogP contribution in [0.2, 0.25) is 0 Å². The van der Waals surface area contributed by atoms with Crippen molar-refractivity contribution < 1.29 is 4.79 Å².